The van der Waals surface area contributed by atoms with Crippen molar-refractivity contribution in [3.63, 3.8) is 0 Å². The summed E-state index contributed by atoms with van der Waals surface area (Å²) in [4.78, 5) is 14.6. The molecule has 0 spiro atoms. The lowest BCUT2D eigenvalue weighted by Crippen LogP contribution is -1.86. The van der Waals surface area contributed by atoms with Crippen LogP contribution >= 0.6 is 0 Å². The van der Waals surface area contributed by atoms with Gasteiger partial charge in [-0.05, 0) is 35.9 Å². The van der Waals surface area contributed by atoms with Crippen LogP contribution < -0.4 is 0 Å². The fourth-order valence-corrected chi connectivity index (χ4v) is 1.92. The molecular weight excluding hydrogens is 254 g/mol. The maximum absolute atomic E-state index is 10.6. The lowest BCUT2D eigenvalue weighted by Gasteiger charge is -1.92. The normalized spacial score (nSPS) is 11.2. The summed E-state index contributed by atoms with van der Waals surface area (Å²) in [5.74, 6) is 0. The minimum atomic E-state index is -0.407. The molecule has 1 aromatic carbocycles. The van der Waals surface area contributed by atoms with Crippen LogP contribution in [0.5, 0.6) is 0 Å². The van der Waals surface area contributed by atoms with E-state index in [2.05, 4.69) is 4.98 Å². The molecule has 5 heteroatoms. The topological polar surface area (TPSA) is 60.4 Å². The van der Waals surface area contributed by atoms with E-state index in [1.807, 2.05) is 47.1 Å². The third-order valence-corrected chi connectivity index (χ3v) is 2.93. The monoisotopic (exact) mass is 265 g/mol. The number of pyridine rings is 1. The molecule has 0 saturated carbocycles. The first kappa shape index (κ1) is 12.1. The number of hydrogen-bond donors (Lipinski definition) is 0. The molecule has 2 heterocycles. The van der Waals surface area contributed by atoms with Crippen LogP contribution in [0.4, 0.5) is 5.69 Å². The first-order valence-corrected chi connectivity index (χ1v) is 6.09. The maximum atomic E-state index is 10.6. The smallest absolute Gasteiger partial charge is 0.269 e. The fourth-order valence-electron chi connectivity index (χ4n) is 1.92. The van der Waals surface area contributed by atoms with Gasteiger partial charge in [0.1, 0.15) is 5.65 Å². The van der Waals surface area contributed by atoms with Gasteiger partial charge in [-0.25, -0.2) is 4.98 Å². The summed E-state index contributed by atoms with van der Waals surface area (Å²) in [5, 5.41) is 10.6. The zero-order valence-electron chi connectivity index (χ0n) is 10.5. The van der Waals surface area contributed by atoms with E-state index in [9.17, 15) is 10.1 Å². The number of nitro groups is 1. The van der Waals surface area contributed by atoms with Crippen molar-refractivity contribution in [2.75, 3.05) is 0 Å². The standard InChI is InChI=1S/C15H11N3O2/c19-18(20)14-8-5-12(6-9-14)4-7-13-11-17-10-2-1-3-15(17)16-13/h1-11H/b7-4+. The number of non-ortho nitro benzene ring substituents is 1. The van der Waals surface area contributed by atoms with Crippen molar-refractivity contribution in [1.29, 1.82) is 0 Å². The highest BCUT2D eigenvalue weighted by Gasteiger charge is 2.02. The van der Waals surface area contributed by atoms with Gasteiger partial charge in [-0.3, -0.25) is 10.1 Å². The van der Waals surface area contributed by atoms with Gasteiger partial charge in [0.2, 0.25) is 0 Å². The number of rotatable bonds is 3. The molecule has 0 atom stereocenters. The van der Waals surface area contributed by atoms with E-state index in [0.717, 1.165) is 16.9 Å². The minimum Gasteiger partial charge on any atom is -0.306 e. The van der Waals surface area contributed by atoms with Crippen LogP contribution in [0.1, 0.15) is 11.3 Å². The zero-order valence-corrected chi connectivity index (χ0v) is 10.5. The highest BCUT2D eigenvalue weighted by atomic mass is 16.6. The van der Waals surface area contributed by atoms with E-state index >= 15 is 0 Å². The number of nitro benzene ring substituents is 1. The first-order chi connectivity index (χ1) is 9.72. The maximum Gasteiger partial charge on any atom is 0.269 e. The number of aromatic nitrogens is 2. The molecule has 3 rings (SSSR count). The van der Waals surface area contributed by atoms with Crippen molar-refractivity contribution < 1.29 is 4.92 Å². The Labute approximate surface area is 115 Å². The van der Waals surface area contributed by atoms with Gasteiger partial charge in [0.05, 0.1) is 10.6 Å². The van der Waals surface area contributed by atoms with E-state index in [0.29, 0.717) is 0 Å². The summed E-state index contributed by atoms with van der Waals surface area (Å²) in [6.07, 6.45) is 7.63. The Kier molecular flexibility index (Phi) is 3.01. The van der Waals surface area contributed by atoms with E-state index in [4.69, 9.17) is 0 Å². The molecule has 0 aliphatic carbocycles. The number of fused-ring (bicyclic) bond motifs is 1. The van der Waals surface area contributed by atoms with Crippen LogP contribution in [0.2, 0.25) is 0 Å². The third-order valence-electron chi connectivity index (χ3n) is 2.93. The van der Waals surface area contributed by atoms with Crippen LogP contribution in [0.25, 0.3) is 17.8 Å². The van der Waals surface area contributed by atoms with Gasteiger partial charge >= 0.3 is 0 Å². The third kappa shape index (κ3) is 2.42. The number of nitrogens with zero attached hydrogens (tertiary/aromatic N) is 3. The summed E-state index contributed by atoms with van der Waals surface area (Å²) < 4.78 is 1.94. The van der Waals surface area contributed by atoms with Gasteiger partial charge in [0.25, 0.3) is 5.69 Å². The number of hydrogen-bond acceptors (Lipinski definition) is 3. The Balaban J connectivity index is 1.84. The molecule has 5 nitrogen and oxygen atoms in total. The second-order valence-electron chi connectivity index (χ2n) is 4.31. The second-order valence-corrected chi connectivity index (χ2v) is 4.31. The average Bonchev–Trinajstić information content (AvgIpc) is 2.88. The molecule has 0 amide bonds. The molecule has 0 fully saturated rings. The van der Waals surface area contributed by atoms with Crippen LogP contribution in [0.15, 0.2) is 54.9 Å². The minimum absolute atomic E-state index is 0.0925. The Morgan fingerprint density at radius 3 is 2.60 bits per heavy atom. The Hall–Kier alpha value is -2.95. The van der Waals surface area contributed by atoms with Gasteiger partial charge < -0.3 is 4.40 Å². The Bertz CT molecular complexity index is 755. The van der Waals surface area contributed by atoms with Gasteiger partial charge in [-0.1, -0.05) is 12.1 Å². The molecular formula is C15H11N3O2. The molecule has 3 aromatic rings. The molecule has 0 bridgehead atoms. The lowest BCUT2D eigenvalue weighted by atomic mass is 10.2. The number of benzene rings is 1. The van der Waals surface area contributed by atoms with Gasteiger partial charge in [-0.2, -0.15) is 0 Å². The van der Waals surface area contributed by atoms with E-state index in [1.54, 1.807) is 12.1 Å². The molecule has 0 saturated heterocycles. The van der Waals surface area contributed by atoms with Crippen molar-refractivity contribution in [3.8, 4) is 0 Å². The van der Waals surface area contributed by atoms with Crippen molar-refractivity contribution >= 4 is 23.5 Å². The summed E-state index contributed by atoms with van der Waals surface area (Å²) in [6.45, 7) is 0. The van der Waals surface area contributed by atoms with E-state index in [-0.39, 0.29) is 5.69 Å². The molecule has 98 valence electrons. The van der Waals surface area contributed by atoms with Gasteiger partial charge in [0.15, 0.2) is 0 Å². The second kappa shape index (κ2) is 4.97. The van der Waals surface area contributed by atoms with Crippen molar-refractivity contribution in [1.82, 2.24) is 9.38 Å². The lowest BCUT2D eigenvalue weighted by molar-refractivity contribution is -0.384. The van der Waals surface area contributed by atoms with Crippen LogP contribution in [-0.4, -0.2) is 14.3 Å². The van der Waals surface area contributed by atoms with Crippen molar-refractivity contribution in [2.45, 2.75) is 0 Å². The quantitative estimate of drug-likeness (QED) is 0.538. The molecule has 20 heavy (non-hydrogen) atoms. The number of imidazole rings is 1. The summed E-state index contributed by atoms with van der Waals surface area (Å²) in [6, 6.07) is 12.2. The summed E-state index contributed by atoms with van der Waals surface area (Å²) in [7, 11) is 0. The highest BCUT2D eigenvalue weighted by Crippen LogP contribution is 2.14. The molecule has 0 aliphatic rings. The molecule has 0 N–H and O–H groups in total. The summed E-state index contributed by atoms with van der Waals surface area (Å²) >= 11 is 0. The van der Waals surface area contributed by atoms with Crippen LogP contribution in [0, 0.1) is 10.1 Å². The predicted octanol–water partition coefficient (Wildman–Crippen LogP) is 3.41. The Morgan fingerprint density at radius 2 is 1.90 bits per heavy atom. The van der Waals surface area contributed by atoms with E-state index < -0.39 is 4.92 Å². The molecule has 2 aromatic heterocycles. The van der Waals surface area contributed by atoms with Crippen LogP contribution in [-0.2, 0) is 0 Å². The highest BCUT2D eigenvalue weighted by molar-refractivity contribution is 5.69. The molecule has 0 aliphatic heterocycles. The summed E-state index contributed by atoms with van der Waals surface area (Å²) in [5.41, 5.74) is 2.72. The molecule has 0 unspecified atom stereocenters. The fraction of sp³-hybridized carbons (Fsp3) is 0. The predicted molar refractivity (Wildman–Crippen MR) is 77.2 cm³/mol. The van der Waals surface area contributed by atoms with Crippen LogP contribution in [0.3, 0.4) is 0 Å². The van der Waals surface area contributed by atoms with Gasteiger partial charge in [-0.15, -0.1) is 0 Å². The van der Waals surface area contributed by atoms with Crippen molar-refractivity contribution in [2.24, 2.45) is 0 Å². The Morgan fingerprint density at radius 1 is 1.10 bits per heavy atom. The SMILES string of the molecule is O=[N+]([O-])c1ccc(/C=C/c2cn3ccccc3n2)cc1. The van der Waals surface area contributed by atoms with E-state index in [1.165, 1.54) is 12.1 Å². The largest absolute Gasteiger partial charge is 0.306 e. The average molecular weight is 265 g/mol. The zero-order chi connectivity index (χ0) is 13.9. The molecule has 0 radical (unpaired) electrons. The van der Waals surface area contributed by atoms with Gasteiger partial charge in [0, 0.05) is 24.5 Å². The van der Waals surface area contributed by atoms with Crippen molar-refractivity contribution in [3.05, 3.63) is 76.2 Å². The first-order valence-electron chi connectivity index (χ1n) is 6.09.